The molecule has 1 atom stereocenters. The molecule has 7 heteroatoms. The Bertz CT molecular complexity index is 710. The van der Waals surface area contributed by atoms with E-state index < -0.39 is 10.0 Å². The van der Waals surface area contributed by atoms with Gasteiger partial charge >= 0.3 is 0 Å². The van der Waals surface area contributed by atoms with Crippen LogP contribution in [0.25, 0.3) is 0 Å². The Kier molecular flexibility index (Phi) is 5.74. The number of amides is 1. The van der Waals surface area contributed by atoms with Crippen LogP contribution in [0, 0.1) is 11.3 Å². The number of benzene rings is 1. The Hall–Kier alpha value is -1.91. The van der Waals surface area contributed by atoms with Gasteiger partial charge in [-0.1, -0.05) is 12.5 Å². The van der Waals surface area contributed by atoms with Crippen LogP contribution in [0.15, 0.2) is 29.2 Å². The SMILES string of the molecule is CC(=O)NCC[C@@H]1CCCCN1S(=O)(=O)c1cccc(C#N)c1. The van der Waals surface area contributed by atoms with Gasteiger partial charge < -0.3 is 5.32 Å². The largest absolute Gasteiger partial charge is 0.356 e. The summed E-state index contributed by atoms with van der Waals surface area (Å²) in [5.74, 6) is -0.114. The van der Waals surface area contributed by atoms with Gasteiger partial charge in [-0.25, -0.2) is 8.42 Å². The Labute approximate surface area is 137 Å². The van der Waals surface area contributed by atoms with Gasteiger partial charge in [0.2, 0.25) is 15.9 Å². The van der Waals surface area contributed by atoms with E-state index in [1.165, 1.54) is 23.4 Å². The predicted molar refractivity (Wildman–Crippen MR) is 86.0 cm³/mol. The molecule has 0 unspecified atom stereocenters. The second kappa shape index (κ2) is 7.57. The number of piperidine rings is 1. The van der Waals surface area contributed by atoms with Crippen LogP contribution in [0.2, 0.25) is 0 Å². The quantitative estimate of drug-likeness (QED) is 0.885. The maximum absolute atomic E-state index is 12.9. The Morgan fingerprint density at radius 2 is 2.22 bits per heavy atom. The molecule has 1 N–H and O–H groups in total. The molecule has 1 aliphatic heterocycles. The first-order chi connectivity index (χ1) is 10.9. The van der Waals surface area contributed by atoms with E-state index in [1.807, 2.05) is 6.07 Å². The van der Waals surface area contributed by atoms with Gasteiger partial charge in [0, 0.05) is 26.1 Å². The highest BCUT2D eigenvalue weighted by Crippen LogP contribution is 2.27. The van der Waals surface area contributed by atoms with Gasteiger partial charge in [0.25, 0.3) is 0 Å². The lowest BCUT2D eigenvalue weighted by atomic mass is 10.0. The van der Waals surface area contributed by atoms with Crippen molar-refractivity contribution >= 4 is 15.9 Å². The Balaban J connectivity index is 2.20. The van der Waals surface area contributed by atoms with E-state index in [0.717, 1.165) is 19.3 Å². The van der Waals surface area contributed by atoms with Crippen molar-refractivity contribution < 1.29 is 13.2 Å². The third-order valence-corrected chi connectivity index (χ3v) is 5.94. The summed E-state index contributed by atoms with van der Waals surface area (Å²) < 4.78 is 27.3. The number of nitriles is 1. The zero-order chi connectivity index (χ0) is 16.9. The molecule has 1 fully saturated rings. The van der Waals surface area contributed by atoms with Crippen LogP contribution in [0.5, 0.6) is 0 Å². The molecule has 124 valence electrons. The van der Waals surface area contributed by atoms with Gasteiger partial charge in [0.05, 0.1) is 16.5 Å². The van der Waals surface area contributed by atoms with Crippen LogP contribution < -0.4 is 5.32 Å². The van der Waals surface area contributed by atoms with Crippen LogP contribution in [0.1, 0.15) is 38.2 Å². The number of carbonyl (C=O) groups is 1. The molecule has 1 aromatic rings. The lowest BCUT2D eigenvalue weighted by Gasteiger charge is -2.34. The van der Waals surface area contributed by atoms with Crippen LogP contribution in [-0.4, -0.2) is 37.8 Å². The standard InChI is InChI=1S/C16H21N3O3S/c1-13(20)18-9-8-15-6-2-3-10-19(15)23(21,22)16-7-4-5-14(11-16)12-17/h4-5,7,11,15H,2-3,6,8-10H2,1H3,(H,18,20)/t15-/m0/s1. The first-order valence-corrected chi connectivity index (χ1v) is 9.15. The summed E-state index contributed by atoms with van der Waals surface area (Å²) in [6.45, 7) is 2.39. The maximum Gasteiger partial charge on any atom is 0.243 e. The molecule has 0 aromatic heterocycles. The summed E-state index contributed by atoms with van der Waals surface area (Å²) in [7, 11) is -3.62. The molecule has 1 heterocycles. The normalized spacial score (nSPS) is 19.0. The van der Waals surface area contributed by atoms with E-state index >= 15 is 0 Å². The smallest absolute Gasteiger partial charge is 0.243 e. The molecule has 0 spiro atoms. The van der Waals surface area contributed by atoms with Crippen LogP contribution in [0.4, 0.5) is 0 Å². The fraction of sp³-hybridized carbons (Fsp3) is 0.500. The molecular weight excluding hydrogens is 314 g/mol. The highest BCUT2D eigenvalue weighted by Gasteiger charge is 2.33. The lowest BCUT2D eigenvalue weighted by Crippen LogP contribution is -2.45. The third kappa shape index (κ3) is 4.30. The average Bonchev–Trinajstić information content (AvgIpc) is 2.55. The van der Waals surface area contributed by atoms with Crippen molar-refractivity contribution in [2.75, 3.05) is 13.1 Å². The molecule has 0 radical (unpaired) electrons. The number of rotatable bonds is 5. The van der Waals surface area contributed by atoms with Crippen molar-refractivity contribution in [3.05, 3.63) is 29.8 Å². The monoisotopic (exact) mass is 335 g/mol. The summed E-state index contributed by atoms with van der Waals surface area (Å²) in [4.78, 5) is 11.1. The van der Waals surface area contributed by atoms with Gasteiger partial charge in [-0.15, -0.1) is 0 Å². The molecule has 1 amide bonds. The van der Waals surface area contributed by atoms with Gasteiger partial charge in [-0.05, 0) is 37.5 Å². The highest BCUT2D eigenvalue weighted by molar-refractivity contribution is 7.89. The van der Waals surface area contributed by atoms with E-state index in [1.54, 1.807) is 12.1 Å². The summed E-state index contributed by atoms with van der Waals surface area (Å²) in [6.07, 6.45) is 3.19. The second-order valence-electron chi connectivity index (χ2n) is 5.68. The predicted octanol–water partition coefficient (Wildman–Crippen LogP) is 1.63. The number of sulfonamides is 1. The Morgan fingerprint density at radius 1 is 1.43 bits per heavy atom. The summed E-state index contributed by atoms with van der Waals surface area (Å²) >= 11 is 0. The van der Waals surface area contributed by atoms with Crippen molar-refractivity contribution in [2.45, 2.75) is 43.5 Å². The van der Waals surface area contributed by atoms with Gasteiger partial charge in [0.1, 0.15) is 0 Å². The van der Waals surface area contributed by atoms with Crippen LogP contribution in [-0.2, 0) is 14.8 Å². The number of nitrogens with one attached hydrogen (secondary N) is 1. The van der Waals surface area contributed by atoms with E-state index in [-0.39, 0.29) is 16.8 Å². The molecule has 23 heavy (non-hydrogen) atoms. The maximum atomic E-state index is 12.9. The molecule has 1 saturated heterocycles. The summed E-state index contributed by atoms with van der Waals surface area (Å²) in [5, 5.41) is 11.7. The van der Waals surface area contributed by atoms with Crippen molar-refractivity contribution in [3.8, 4) is 6.07 Å². The number of hydrogen-bond acceptors (Lipinski definition) is 4. The lowest BCUT2D eigenvalue weighted by molar-refractivity contribution is -0.119. The van der Waals surface area contributed by atoms with Crippen molar-refractivity contribution in [2.24, 2.45) is 0 Å². The van der Waals surface area contributed by atoms with E-state index in [0.29, 0.717) is 25.1 Å². The average molecular weight is 335 g/mol. The minimum atomic E-state index is -3.62. The second-order valence-corrected chi connectivity index (χ2v) is 7.57. The topological polar surface area (TPSA) is 90.3 Å². The van der Waals surface area contributed by atoms with Gasteiger partial charge in [0.15, 0.2) is 0 Å². The van der Waals surface area contributed by atoms with E-state index in [2.05, 4.69) is 5.32 Å². The fourth-order valence-corrected chi connectivity index (χ4v) is 4.63. The highest BCUT2D eigenvalue weighted by atomic mass is 32.2. The molecule has 1 aliphatic rings. The van der Waals surface area contributed by atoms with E-state index in [9.17, 15) is 13.2 Å². The number of carbonyl (C=O) groups excluding carboxylic acids is 1. The minimum absolute atomic E-state index is 0.114. The van der Waals surface area contributed by atoms with Crippen LogP contribution in [0.3, 0.4) is 0 Å². The zero-order valence-corrected chi connectivity index (χ0v) is 14.0. The van der Waals surface area contributed by atoms with E-state index in [4.69, 9.17) is 5.26 Å². The minimum Gasteiger partial charge on any atom is -0.356 e. The van der Waals surface area contributed by atoms with Crippen molar-refractivity contribution in [3.63, 3.8) is 0 Å². The molecule has 2 rings (SSSR count). The first kappa shape index (κ1) is 17.4. The number of hydrogen-bond donors (Lipinski definition) is 1. The fourth-order valence-electron chi connectivity index (χ4n) is 2.86. The summed E-state index contributed by atoms with van der Waals surface area (Å²) in [6, 6.07) is 7.96. The number of nitrogens with zero attached hydrogens (tertiary/aromatic N) is 2. The summed E-state index contributed by atoms with van der Waals surface area (Å²) in [5.41, 5.74) is 0.331. The zero-order valence-electron chi connectivity index (χ0n) is 13.2. The third-order valence-electron chi connectivity index (χ3n) is 3.99. The van der Waals surface area contributed by atoms with Crippen molar-refractivity contribution in [1.29, 1.82) is 5.26 Å². The molecule has 0 aliphatic carbocycles. The molecule has 6 nitrogen and oxygen atoms in total. The molecule has 0 bridgehead atoms. The van der Waals surface area contributed by atoms with Crippen LogP contribution >= 0.6 is 0 Å². The first-order valence-electron chi connectivity index (χ1n) is 7.71. The molecule has 1 aromatic carbocycles. The Morgan fingerprint density at radius 3 is 2.91 bits per heavy atom. The molecule has 0 saturated carbocycles. The van der Waals surface area contributed by atoms with Crippen molar-refractivity contribution in [1.82, 2.24) is 9.62 Å². The van der Waals surface area contributed by atoms with Gasteiger partial charge in [-0.3, -0.25) is 4.79 Å². The van der Waals surface area contributed by atoms with Gasteiger partial charge in [-0.2, -0.15) is 9.57 Å². The molecular formula is C16H21N3O3S.